The van der Waals surface area contributed by atoms with Crippen molar-refractivity contribution in [1.82, 2.24) is 19.7 Å². The summed E-state index contributed by atoms with van der Waals surface area (Å²) < 4.78 is 1.51. The van der Waals surface area contributed by atoms with E-state index in [-0.39, 0.29) is 11.8 Å². The van der Waals surface area contributed by atoms with E-state index < -0.39 is 12.0 Å². The van der Waals surface area contributed by atoms with Crippen molar-refractivity contribution < 1.29 is 14.7 Å². The van der Waals surface area contributed by atoms with Crippen LogP contribution in [-0.2, 0) is 9.59 Å². The van der Waals surface area contributed by atoms with E-state index in [9.17, 15) is 9.59 Å². The zero-order valence-corrected chi connectivity index (χ0v) is 10.2. The van der Waals surface area contributed by atoms with Gasteiger partial charge in [0.15, 0.2) is 0 Å². The lowest BCUT2D eigenvalue weighted by molar-refractivity contribution is -0.146. The van der Waals surface area contributed by atoms with Gasteiger partial charge in [-0.3, -0.25) is 9.59 Å². The molecule has 1 aliphatic rings. The first-order chi connectivity index (χ1) is 8.59. The second-order valence-electron chi connectivity index (χ2n) is 4.49. The summed E-state index contributed by atoms with van der Waals surface area (Å²) in [5.74, 6) is -1.13. The molecule has 2 heterocycles. The number of carboxylic acid groups (broad SMARTS) is 1. The predicted octanol–water partition coefficient (Wildman–Crippen LogP) is 0.162. The van der Waals surface area contributed by atoms with Crippen LogP contribution in [0.25, 0.3) is 0 Å². The molecule has 0 saturated carbocycles. The van der Waals surface area contributed by atoms with Crippen LogP contribution in [0.3, 0.4) is 0 Å². The maximum atomic E-state index is 12.2. The third-order valence-corrected chi connectivity index (χ3v) is 3.35. The Labute approximate surface area is 104 Å². The fourth-order valence-corrected chi connectivity index (χ4v) is 2.14. The smallest absolute Gasteiger partial charge is 0.306 e. The summed E-state index contributed by atoms with van der Waals surface area (Å²) in [6.45, 7) is 2.75. The highest BCUT2D eigenvalue weighted by Crippen LogP contribution is 2.19. The van der Waals surface area contributed by atoms with Crippen LogP contribution in [-0.4, -0.2) is 49.7 Å². The number of likely N-dealkylation sites (tertiary alicyclic amines) is 1. The molecule has 1 N–H and O–H groups in total. The van der Waals surface area contributed by atoms with Gasteiger partial charge in [0.05, 0.1) is 5.92 Å². The number of carboxylic acids is 1. The molecule has 1 saturated heterocycles. The number of carbonyl (C=O) groups is 2. The van der Waals surface area contributed by atoms with Gasteiger partial charge in [0, 0.05) is 13.1 Å². The molecule has 18 heavy (non-hydrogen) atoms. The van der Waals surface area contributed by atoms with Crippen LogP contribution in [0.15, 0.2) is 12.7 Å². The number of aliphatic carboxylic acids is 1. The van der Waals surface area contributed by atoms with Crippen molar-refractivity contribution in [2.45, 2.75) is 25.8 Å². The van der Waals surface area contributed by atoms with Crippen LogP contribution in [0.5, 0.6) is 0 Å². The lowest BCUT2D eigenvalue weighted by Gasteiger charge is -2.31. The van der Waals surface area contributed by atoms with E-state index in [1.54, 1.807) is 11.8 Å². The SMILES string of the molecule is CC(C(=O)N1CCC(C(=O)O)CC1)n1cncn1. The molecule has 0 aliphatic carbocycles. The lowest BCUT2D eigenvalue weighted by atomic mass is 9.97. The number of hydrogen-bond donors (Lipinski definition) is 1. The molecule has 0 aromatic carbocycles. The molecule has 2 rings (SSSR count). The molecular weight excluding hydrogens is 236 g/mol. The predicted molar refractivity (Wildman–Crippen MR) is 61.7 cm³/mol. The van der Waals surface area contributed by atoms with Gasteiger partial charge in [-0.25, -0.2) is 9.67 Å². The maximum absolute atomic E-state index is 12.2. The van der Waals surface area contributed by atoms with Gasteiger partial charge >= 0.3 is 5.97 Å². The van der Waals surface area contributed by atoms with Crippen LogP contribution < -0.4 is 0 Å². The highest BCUT2D eigenvalue weighted by Gasteiger charge is 2.29. The average Bonchev–Trinajstić information content (AvgIpc) is 2.91. The van der Waals surface area contributed by atoms with Crippen molar-refractivity contribution in [2.24, 2.45) is 5.92 Å². The van der Waals surface area contributed by atoms with E-state index in [1.165, 1.54) is 17.3 Å². The average molecular weight is 252 g/mol. The van der Waals surface area contributed by atoms with Gasteiger partial charge in [0.25, 0.3) is 0 Å². The van der Waals surface area contributed by atoms with Gasteiger partial charge in [0.2, 0.25) is 5.91 Å². The Morgan fingerprint density at radius 3 is 2.56 bits per heavy atom. The molecule has 98 valence electrons. The number of piperidine rings is 1. The third-order valence-electron chi connectivity index (χ3n) is 3.35. The number of carbonyl (C=O) groups excluding carboxylic acids is 1. The molecule has 0 bridgehead atoms. The van der Waals surface area contributed by atoms with Gasteiger partial charge in [-0.15, -0.1) is 0 Å². The first-order valence-corrected chi connectivity index (χ1v) is 5.95. The summed E-state index contributed by atoms with van der Waals surface area (Å²) in [7, 11) is 0. The van der Waals surface area contributed by atoms with Crippen molar-refractivity contribution in [3.63, 3.8) is 0 Å². The fraction of sp³-hybridized carbons (Fsp3) is 0.636. The molecule has 7 heteroatoms. The first kappa shape index (κ1) is 12.5. The normalized spacial score (nSPS) is 18.6. The molecule has 1 amide bonds. The van der Waals surface area contributed by atoms with Crippen molar-refractivity contribution in [2.75, 3.05) is 13.1 Å². The van der Waals surface area contributed by atoms with E-state index in [4.69, 9.17) is 5.11 Å². The first-order valence-electron chi connectivity index (χ1n) is 5.95. The summed E-state index contributed by atoms with van der Waals surface area (Å²) in [5, 5.41) is 12.8. The summed E-state index contributed by atoms with van der Waals surface area (Å²) in [5.41, 5.74) is 0. The molecule has 1 fully saturated rings. The maximum Gasteiger partial charge on any atom is 0.306 e. The van der Waals surface area contributed by atoms with Gasteiger partial charge < -0.3 is 10.0 Å². The molecule has 1 aromatic rings. The minimum atomic E-state index is -0.772. The Kier molecular flexibility index (Phi) is 3.59. The van der Waals surface area contributed by atoms with Crippen LogP contribution in [0.4, 0.5) is 0 Å². The monoisotopic (exact) mass is 252 g/mol. The number of aromatic nitrogens is 3. The van der Waals surface area contributed by atoms with E-state index in [0.717, 1.165) is 0 Å². The largest absolute Gasteiger partial charge is 0.481 e. The topological polar surface area (TPSA) is 88.3 Å². The summed E-state index contributed by atoms with van der Waals surface area (Å²) in [6, 6.07) is -0.395. The van der Waals surface area contributed by atoms with Crippen molar-refractivity contribution in [3.8, 4) is 0 Å². The van der Waals surface area contributed by atoms with E-state index in [1.807, 2.05) is 0 Å². The van der Waals surface area contributed by atoms with Gasteiger partial charge in [0.1, 0.15) is 18.7 Å². The van der Waals surface area contributed by atoms with Crippen LogP contribution in [0, 0.1) is 5.92 Å². The van der Waals surface area contributed by atoms with Gasteiger partial charge in [-0.2, -0.15) is 5.10 Å². The van der Waals surface area contributed by atoms with Crippen LogP contribution in [0.1, 0.15) is 25.8 Å². The van der Waals surface area contributed by atoms with E-state index >= 15 is 0 Å². The zero-order chi connectivity index (χ0) is 13.1. The van der Waals surface area contributed by atoms with E-state index in [2.05, 4.69) is 10.1 Å². The number of hydrogen-bond acceptors (Lipinski definition) is 4. The van der Waals surface area contributed by atoms with Crippen LogP contribution >= 0.6 is 0 Å². The fourth-order valence-electron chi connectivity index (χ4n) is 2.14. The zero-order valence-electron chi connectivity index (χ0n) is 10.2. The Hall–Kier alpha value is -1.92. The highest BCUT2D eigenvalue weighted by molar-refractivity contribution is 5.80. The molecule has 1 unspecified atom stereocenters. The quantitative estimate of drug-likeness (QED) is 0.828. The molecule has 1 aromatic heterocycles. The number of nitrogens with zero attached hydrogens (tertiary/aromatic N) is 4. The van der Waals surface area contributed by atoms with Crippen molar-refractivity contribution >= 4 is 11.9 Å². The Balaban J connectivity index is 1.93. The molecule has 0 spiro atoms. The van der Waals surface area contributed by atoms with Crippen molar-refractivity contribution in [3.05, 3.63) is 12.7 Å². The minimum Gasteiger partial charge on any atom is -0.481 e. The number of rotatable bonds is 3. The van der Waals surface area contributed by atoms with E-state index in [0.29, 0.717) is 25.9 Å². The second-order valence-corrected chi connectivity index (χ2v) is 4.49. The standard InChI is InChI=1S/C11H16N4O3/c1-8(15-7-12-6-13-15)10(16)14-4-2-9(3-5-14)11(17)18/h6-9H,2-5H2,1H3,(H,17,18). The molecular formula is C11H16N4O3. The summed E-state index contributed by atoms with van der Waals surface area (Å²) in [6.07, 6.45) is 3.93. The Bertz CT molecular complexity index is 424. The molecule has 1 atom stereocenters. The summed E-state index contributed by atoms with van der Waals surface area (Å²) in [4.78, 5) is 28.5. The van der Waals surface area contributed by atoms with Crippen LogP contribution in [0.2, 0.25) is 0 Å². The Morgan fingerprint density at radius 2 is 2.06 bits per heavy atom. The van der Waals surface area contributed by atoms with Crippen molar-refractivity contribution in [1.29, 1.82) is 0 Å². The number of amides is 1. The minimum absolute atomic E-state index is 0.0376. The van der Waals surface area contributed by atoms with Gasteiger partial charge in [-0.05, 0) is 19.8 Å². The Morgan fingerprint density at radius 1 is 1.39 bits per heavy atom. The second kappa shape index (κ2) is 5.16. The molecule has 1 aliphatic heterocycles. The summed E-state index contributed by atoms with van der Waals surface area (Å²) >= 11 is 0. The molecule has 0 radical (unpaired) electrons. The highest BCUT2D eigenvalue weighted by atomic mass is 16.4. The third kappa shape index (κ3) is 2.49. The lowest BCUT2D eigenvalue weighted by Crippen LogP contribution is -2.43. The van der Waals surface area contributed by atoms with Gasteiger partial charge in [-0.1, -0.05) is 0 Å². The molecule has 7 nitrogen and oxygen atoms in total.